The molecule has 0 spiro atoms. The normalized spacial score (nSPS) is 15.6. The van der Waals surface area contributed by atoms with Crippen LogP contribution in [0.25, 0.3) is 0 Å². The van der Waals surface area contributed by atoms with Gasteiger partial charge in [0.2, 0.25) is 0 Å². The first kappa shape index (κ1) is 23.1. The Bertz CT molecular complexity index is 1030. The fourth-order valence-electron chi connectivity index (χ4n) is 3.70. The number of fused-ring (bicyclic) bond motifs is 1. The monoisotopic (exact) mass is 441 g/mol. The fourth-order valence-corrected chi connectivity index (χ4v) is 4.65. The maximum Gasteiger partial charge on any atom is 0.336 e. The Morgan fingerprint density at radius 3 is 2.55 bits per heavy atom. The van der Waals surface area contributed by atoms with Crippen LogP contribution in [0.2, 0.25) is 0 Å². The van der Waals surface area contributed by atoms with Gasteiger partial charge in [0.25, 0.3) is 5.56 Å². The Morgan fingerprint density at radius 2 is 1.94 bits per heavy atom. The van der Waals surface area contributed by atoms with Crippen LogP contribution >= 0.6 is 11.8 Å². The SMILES string of the molecule is CCCCSc1nc2c(c(=O)[nH]1)[C@H](c1ccc(C(C)C)cc1)C(C(=O)OCC)=C(C)N2. The van der Waals surface area contributed by atoms with Gasteiger partial charge in [-0.3, -0.25) is 4.79 Å². The standard InChI is InChI=1S/C24H31N3O3S/c1-6-8-13-31-24-26-21-20(22(28)27-24)19(17-11-9-16(10-12-17)14(3)4)18(15(5)25-21)23(29)30-7-2/h9-12,14,19H,6-8,13H2,1-5H3,(H2,25,26,27,28)/t19-/m1/s1. The highest BCUT2D eigenvalue weighted by Crippen LogP contribution is 2.40. The molecule has 1 atom stereocenters. The first-order valence-corrected chi connectivity index (χ1v) is 11.9. The Balaban J connectivity index is 2.12. The van der Waals surface area contributed by atoms with Gasteiger partial charge in [0.15, 0.2) is 5.16 Å². The summed E-state index contributed by atoms with van der Waals surface area (Å²) in [6.07, 6.45) is 2.13. The number of unbranched alkanes of at least 4 members (excludes halogenated alkanes) is 1. The number of hydrogen-bond donors (Lipinski definition) is 2. The molecule has 1 aliphatic rings. The zero-order valence-electron chi connectivity index (χ0n) is 18.9. The molecule has 2 aromatic rings. The van der Waals surface area contributed by atoms with E-state index in [0.717, 1.165) is 24.2 Å². The van der Waals surface area contributed by atoms with Crippen molar-refractivity contribution in [1.82, 2.24) is 9.97 Å². The molecule has 0 unspecified atom stereocenters. The third kappa shape index (κ3) is 5.03. The van der Waals surface area contributed by atoms with Gasteiger partial charge in [-0.05, 0) is 37.3 Å². The van der Waals surface area contributed by atoms with Gasteiger partial charge in [-0.25, -0.2) is 9.78 Å². The number of benzene rings is 1. The summed E-state index contributed by atoms with van der Waals surface area (Å²) < 4.78 is 5.34. The van der Waals surface area contributed by atoms with E-state index in [1.807, 2.05) is 19.1 Å². The van der Waals surface area contributed by atoms with E-state index in [9.17, 15) is 9.59 Å². The second-order valence-electron chi connectivity index (χ2n) is 7.97. The quantitative estimate of drug-likeness (QED) is 0.254. The topological polar surface area (TPSA) is 84.1 Å². The van der Waals surface area contributed by atoms with Gasteiger partial charge in [-0.15, -0.1) is 0 Å². The average Bonchev–Trinajstić information content (AvgIpc) is 2.73. The first-order valence-electron chi connectivity index (χ1n) is 10.9. The molecule has 0 amide bonds. The second-order valence-corrected chi connectivity index (χ2v) is 9.06. The molecule has 0 aliphatic carbocycles. The molecule has 0 fully saturated rings. The highest BCUT2D eigenvalue weighted by molar-refractivity contribution is 7.99. The number of aromatic nitrogens is 2. The van der Waals surface area contributed by atoms with Crippen molar-refractivity contribution in [1.29, 1.82) is 0 Å². The number of hydrogen-bond acceptors (Lipinski definition) is 6. The molecular formula is C24H31N3O3S. The van der Waals surface area contributed by atoms with Crippen molar-refractivity contribution in [2.24, 2.45) is 0 Å². The number of carbonyl (C=O) groups excluding carboxylic acids is 1. The number of allylic oxidation sites excluding steroid dienone is 1. The minimum atomic E-state index is -0.539. The average molecular weight is 442 g/mol. The summed E-state index contributed by atoms with van der Waals surface area (Å²) in [4.78, 5) is 33.6. The summed E-state index contributed by atoms with van der Waals surface area (Å²) in [5.74, 6) is 0.829. The molecule has 2 heterocycles. The van der Waals surface area contributed by atoms with Crippen molar-refractivity contribution in [3.05, 3.63) is 62.6 Å². The van der Waals surface area contributed by atoms with Crippen molar-refractivity contribution >= 4 is 23.5 Å². The van der Waals surface area contributed by atoms with E-state index >= 15 is 0 Å². The van der Waals surface area contributed by atoms with Gasteiger partial charge in [-0.2, -0.15) is 0 Å². The first-order chi connectivity index (χ1) is 14.9. The summed E-state index contributed by atoms with van der Waals surface area (Å²) in [5, 5.41) is 3.77. The zero-order chi connectivity index (χ0) is 22.5. The van der Waals surface area contributed by atoms with Crippen molar-refractivity contribution in [2.75, 3.05) is 17.7 Å². The Hall–Kier alpha value is -2.54. The molecule has 0 bridgehead atoms. The van der Waals surface area contributed by atoms with Crippen molar-refractivity contribution in [3.63, 3.8) is 0 Å². The van der Waals surface area contributed by atoms with E-state index in [1.54, 1.807) is 6.92 Å². The molecule has 2 N–H and O–H groups in total. The molecule has 3 rings (SSSR count). The maximum atomic E-state index is 13.2. The summed E-state index contributed by atoms with van der Waals surface area (Å²) >= 11 is 1.54. The van der Waals surface area contributed by atoms with Gasteiger partial charge in [0, 0.05) is 11.4 Å². The zero-order valence-corrected chi connectivity index (χ0v) is 19.7. The Morgan fingerprint density at radius 1 is 1.23 bits per heavy atom. The van der Waals surface area contributed by atoms with Crippen molar-refractivity contribution < 1.29 is 9.53 Å². The molecule has 166 valence electrons. The van der Waals surface area contributed by atoms with Crippen LogP contribution in [0.5, 0.6) is 0 Å². The number of rotatable bonds is 8. The lowest BCUT2D eigenvalue weighted by atomic mass is 9.81. The molecule has 6 nitrogen and oxygen atoms in total. The summed E-state index contributed by atoms with van der Waals surface area (Å²) in [5.41, 5.74) is 3.39. The molecule has 0 saturated heterocycles. The smallest absolute Gasteiger partial charge is 0.336 e. The van der Waals surface area contributed by atoms with Gasteiger partial charge in [0.1, 0.15) is 5.82 Å². The predicted molar refractivity (Wildman–Crippen MR) is 126 cm³/mol. The van der Waals surface area contributed by atoms with Gasteiger partial charge in [-0.1, -0.05) is 63.2 Å². The number of thioether (sulfide) groups is 1. The second kappa shape index (κ2) is 10.2. The lowest BCUT2D eigenvalue weighted by Gasteiger charge is -2.29. The Kier molecular flexibility index (Phi) is 7.59. The third-order valence-electron chi connectivity index (χ3n) is 5.39. The highest BCUT2D eigenvalue weighted by atomic mass is 32.2. The number of nitrogens with zero attached hydrogens (tertiary/aromatic N) is 1. The van der Waals surface area contributed by atoms with Gasteiger partial charge < -0.3 is 15.0 Å². The molecule has 0 radical (unpaired) electrons. The van der Waals surface area contributed by atoms with Crippen molar-refractivity contribution in [2.45, 2.75) is 64.5 Å². The van der Waals surface area contributed by atoms with E-state index in [-0.39, 0.29) is 12.2 Å². The van der Waals surface area contributed by atoms with E-state index in [2.05, 4.69) is 48.2 Å². The van der Waals surface area contributed by atoms with Crippen LogP contribution in [0.15, 0.2) is 45.5 Å². The van der Waals surface area contributed by atoms with Crippen LogP contribution < -0.4 is 10.9 Å². The van der Waals surface area contributed by atoms with Crippen LogP contribution in [0.3, 0.4) is 0 Å². The molecule has 1 aromatic heterocycles. The van der Waals surface area contributed by atoms with E-state index in [1.165, 1.54) is 17.3 Å². The number of aromatic amines is 1. The molecule has 7 heteroatoms. The number of anilines is 1. The van der Waals surface area contributed by atoms with E-state index in [4.69, 9.17) is 4.74 Å². The molecular weight excluding hydrogens is 410 g/mol. The molecule has 31 heavy (non-hydrogen) atoms. The number of esters is 1. The van der Waals surface area contributed by atoms with Gasteiger partial charge >= 0.3 is 5.97 Å². The lowest BCUT2D eigenvalue weighted by Crippen LogP contribution is -2.31. The molecule has 1 aliphatic heterocycles. The minimum absolute atomic E-state index is 0.233. The predicted octanol–water partition coefficient (Wildman–Crippen LogP) is 5.18. The van der Waals surface area contributed by atoms with Crippen LogP contribution in [-0.2, 0) is 9.53 Å². The molecule has 0 saturated carbocycles. The Labute approximate surface area is 187 Å². The number of H-pyrrole nitrogens is 1. The minimum Gasteiger partial charge on any atom is -0.463 e. The number of nitrogens with one attached hydrogen (secondary N) is 2. The summed E-state index contributed by atoms with van der Waals surface area (Å²) in [7, 11) is 0. The fraction of sp³-hybridized carbons (Fsp3) is 0.458. The summed E-state index contributed by atoms with van der Waals surface area (Å²) in [6.45, 7) is 10.3. The van der Waals surface area contributed by atoms with E-state index in [0.29, 0.717) is 33.7 Å². The van der Waals surface area contributed by atoms with Crippen LogP contribution in [0.1, 0.15) is 76.0 Å². The molecule has 1 aromatic carbocycles. The van der Waals surface area contributed by atoms with Gasteiger partial charge in [0.05, 0.1) is 23.7 Å². The summed E-state index contributed by atoms with van der Waals surface area (Å²) in [6, 6.07) is 8.09. The van der Waals surface area contributed by atoms with Crippen molar-refractivity contribution in [3.8, 4) is 0 Å². The maximum absolute atomic E-state index is 13.2. The highest BCUT2D eigenvalue weighted by Gasteiger charge is 2.36. The number of carbonyl (C=O) groups is 1. The van der Waals surface area contributed by atoms with E-state index < -0.39 is 11.9 Å². The largest absolute Gasteiger partial charge is 0.463 e. The van der Waals surface area contributed by atoms with Crippen LogP contribution in [0.4, 0.5) is 5.82 Å². The third-order valence-corrected chi connectivity index (χ3v) is 6.35. The lowest BCUT2D eigenvalue weighted by molar-refractivity contribution is -0.138. The van der Waals surface area contributed by atoms with Crippen LogP contribution in [0, 0.1) is 0 Å². The van der Waals surface area contributed by atoms with Crippen LogP contribution in [-0.4, -0.2) is 28.3 Å². The number of ether oxygens (including phenoxy) is 1.